The summed E-state index contributed by atoms with van der Waals surface area (Å²) in [5.74, 6) is 1.13. The predicted molar refractivity (Wildman–Crippen MR) is 119 cm³/mol. The van der Waals surface area contributed by atoms with Crippen molar-refractivity contribution in [2.75, 3.05) is 39.3 Å². The molecule has 0 aromatic rings. The number of halogens is 1. The molecule has 0 bridgehead atoms. The van der Waals surface area contributed by atoms with Crippen LogP contribution in [-0.2, 0) is 4.79 Å². The highest BCUT2D eigenvalue weighted by atomic mass is 127. The molecule has 7 heteroatoms. The third-order valence-electron chi connectivity index (χ3n) is 5.36. The summed E-state index contributed by atoms with van der Waals surface area (Å²) in [4.78, 5) is 21.2. The van der Waals surface area contributed by atoms with E-state index < -0.39 is 0 Å². The number of nitrogens with one attached hydrogen (secondary N) is 2. The lowest BCUT2D eigenvalue weighted by atomic mass is 9.99. The first kappa shape index (κ1) is 23.5. The second kappa shape index (κ2) is 11.3. The van der Waals surface area contributed by atoms with Gasteiger partial charge in [-0.05, 0) is 53.1 Å². The van der Waals surface area contributed by atoms with Crippen molar-refractivity contribution < 1.29 is 4.79 Å². The van der Waals surface area contributed by atoms with Gasteiger partial charge < -0.3 is 15.5 Å². The maximum absolute atomic E-state index is 11.9. The average Bonchev–Trinajstić information content (AvgIpc) is 3.08. The quantitative estimate of drug-likeness (QED) is 0.349. The lowest BCUT2D eigenvalue weighted by molar-refractivity contribution is -0.129. The molecular formula is C19H38IN5O. The van der Waals surface area contributed by atoms with E-state index in [2.05, 4.69) is 36.3 Å². The molecule has 0 spiro atoms. The van der Waals surface area contributed by atoms with Crippen molar-refractivity contribution in [3.63, 3.8) is 0 Å². The van der Waals surface area contributed by atoms with Crippen molar-refractivity contribution in [3.8, 4) is 0 Å². The first-order chi connectivity index (χ1) is 12.0. The number of aliphatic imine (C=N–C) groups is 1. The van der Waals surface area contributed by atoms with E-state index in [0.29, 0.717) is 12.5 Å². The summed E-state index contributed by atoms with van der Waals surface area (Å²) in [5, 5.41) is 6.89. The van der Waals surface area contributed by atoms with Crippen LogP contribution >= 0.6 is 24.0 Å². The van der Waals surface area contributed by atoms with E-state index >= 15 is 0 Å². The lowest BCUT2D eigenvalue weighted by Gasteiger charge is -2.40. The Labute approximate surface area is 176 Å². The average molecular weight is 479 g/mol. The standard InChI is InChI=1S/C19H37N5O.HI/c1-5-17(25)23-13-10-16(14-23)22-18(20-6-2)21-15-19(3,4)24-11-8-7-9-12-24;/h16H,5-15H2,1-4H3,(H2,20,21,22);1H. The van der Waals surface area contributed by atoms with Gasteiger partial charge in [0, 0.05) is 37.6 Å². The molecule has 0 saturated carbocycles. The number of rotatable bonds is 6. The molecule has 2 N–H and O–H groups in total. The molecule has 0 radical (unpaired) electrons. The third kappa shape index (κ3) is 6.87. The van der Waals surface area contributed by atoms with Crippen LogP contribution in [0.5, 0.6) is 0 Å². The van der Waals surface area contributed by atoms with Crippen LogP contribution in [0.1, 0.15) is 59.8 Å². The lowest BCUT2D eigenvalue weighted by Crippen LogP contribution is -2.50. The van der Waals surface area contributed by atoms with E-state index in [-0.39, 0.29) is 35.4 Å². The second-order valence-corrected chi connectivity index (χ2v) is 7.88. The van der Waals surface area contributed by atoms with Gasteiger partial charge in [0.25, 0.3) is 0 Å². The molecule has 2 saturated heterocycles. The molecule has 2 rings (SSSR count). The molecule has 2 heterocycles. The second-order valence-electron chi connectivity index (χ2n) is 7.88. The summed E-state index contributed by atoms with van der Waals surface area (Å²) in [6, 6.07) is 0.298. The van der Waals surface area contributed by atoms with Crippen LogP contribution in [0, 0.1) is 0 Å². The minimum Gasteiger partial charge on any atom is -0.357 e. The Hall–Kier alpha value is -0.570. The maximum Gasteiger partial charge on any atom is 0.222 e. The first-order valence-electron chi connectivity index (χ1n) is 10.0. The van der Waals surface area contributed by atoms with E-state index in [1.807, 2.05) is 11.8 Å². The van der Waals surface area contributed by atoms with Gasteiger partial charge in [0.1, 0.15) is 0 Å². The third-order valence-corrected chi connectivity index (χ3v) is 5.36. The molecule has 6 nitrogen and oxygen atoms in total. The summed E-state index contributed by atoms with van der Waals surface area (Å²) in [6.07, 6.45) is 5.54. The summed E-state index contributed by atoms with van der Waals surface area (Å²) < 4.78 is 0. The summed E-state index contributed by atoms with van der Waals surface area (Å²) >= 11 is 0. The van der Waals surface area contributed by atoms with Crippen LogP contribution in [-0.4, -0.2) is 72.5 Å². The maximum atomic E-state index is 11.9. The molecule has 1 atom stereocenters. The van der Waals surface area contributed by atoms with Gasteiger partial charge in [0.15, 0.2) is 5.96 Å². The van der Waals surface area contributed by atoms with Gasteiger partial charge in [-0.1, -0.05) is 13.3 Å². The molecule has 0 aromatic carbocycles. The number of hydrogen-bond donors (Lipinski definition) is 2. The van der Waals surface area contributed by atoms with Gasteiger partial charge in [0.2, 0.25) is 5.91 Å². The van der Waals surface area contributed by atoms with Gasteiger partial charge in [0.05, 0.1) is 6.54 Å². The van der Waals surface area contributed by atoms with Crippen molar-refractivity contribution >= 4 is 35.8 Å². The Kier molecular flexibility index (Phi) is 10.2. The van der Waals surface area contributed by atoms with Crippen LogP contribution < -0.4 is 10.6 Å². The molecule has 0 aliphatic carbocycles. The van der Waals surface area contributed by atoms with E-state index in [1.165, 1.54) is 32.4 Å². The number of carbonyl (C=O) groups is 1. The number of carbonyl (C=O) groups excluding carboxylic acids is 1. The van der Waals surface area contributed by atoms with Crippen LogP contribution in [0.3, 0.4) is 0 Å². The highest BCUT2D eigenvalue weighted by Gasteiger charge is 2.29. The largest absolute Gasteiger partial charge is 0.357 e. The van der Waals surface area contributed by atoms with Gasteiger partial charge in [-0.25, -0.2) is 0 Å². The number of likely N-dealkylation sites (tertiary alicyclic amines) is 2. The van der Waals surface area contributed by atoms with Crippen molar-refractivity contribution in [2.45, 2.75) is 71.4 Å². The summed E-state index contributed by atoms with van der Waals surface area (Å²) in [5.41, 5.74) is 0.0860. The summed E-state index contributed by atoms with van der Waals surface area (Å²) in [7, 11) is 0. The van der Waals surface area contributed by atoms with Gasteiger partial charge in [-0.2, -0.15) is 0 Å². The zero-order chi connectivity index (χ0) is 18.3. The summed E-state index contributed by atoms with van der Waals surface area (Å²) in [6.45, 7) is 14.2. The SMILES string of the molecule is CCNC(=NCC(C)(C)N1CCCCC1)NC1CCN(C(=O)CC)C1.I. The molecule has 2 fully saturated rings. The molecule has 1 unspecified atom stereocenters. The van der Waals surface area contributed by atoms with Crippen LogP contribution in [0.25, 0.3) is 0 Å². The van der Waals surface area contributed by atoms with E-state index in [0.717, 1.165) is 38.6 Å². The monoisotopic (exact) mass is 479 g/mol. The first-order valence-corrected chi connectivity index (χ1v) is 10.0. The van der Waals surface area contributed by atoms with E-state index in [1.54, 1.807) is 0 Å². The Bertz CT molecular complexity index is 463. The Morgan fingerprint density at radius 2 is 1.85 bits per heavy atom. The van der Waals surface area contributed by atoms with Crippen molar-refractivity contribution in [1.29, 1.82) is 0 Å². The molecule has 2 aliphatic rings. The number of guanidine groups is 1. The van der Waals surface area contributed by atoms with E-state index in [9.17, 15) is 4.79 Å². The Balaban J connectivity index is 0.00000338. The van der Waals surface area contributed by atoms with Crippen molar-refractivity contribution in [1.82, 2.24) is 20.4 Å². The normalized spacial score (nSPS) is 22.1. The number of nitrogens with zero attached hydrogens (tertiary/aromatic N) is 3. The number of hydrogen-bond acceptors (Lipinski definition) is 3. The smallest absolute Gasteiger partial charge is 0.222 e. The molecule has 1 amide bonds. The topological polar surface area (TPSA) is 60.0 Å². The molecule has 26 heavy (non-hydrogen) atoms. The molecule has 0 aromatic heterocycles. The fourth-order valence-corrected chi connectivity index (χ4v) is 3.71. The van der Waals surface area contributed by atoms with Gasteiger partial charge in [-0.15, -0.1) is 24.0 Å². The highest BCUT2D eigenvalue weighted by Crippen LogP contribution is 2.20. The fourth-order valence-electron chi connectivity index (χ4n) is 3.71. The Morgan fingerprint density at radius 1 is 1.15 bits per heavy atom. The van der Waals surface area contributed by atoms with Crippen LogP contribution in [0.2, 0.25) is 0 Å². The zero-order valence-electron chi connectivity index (χ0n) is 17.0. The molecule has 2 aliphatic heterocycles. The number of amides is 1. The van der Waals surface area contributed by atoms with Crippen LogP contribution in [0.15, 0.2) is 4.99 Å². The highest BCUT2D eigenvalue weighted by molar-refractivity contribution is 14.0. The number of piperidine rings is 1. The minimum atomic E-state index is 0. The predicted octanol–water partition coefficient (Wildman–Crippen LogP) is 2.43. The molecular weight excluding hydrogens is 441 g/mol. The van der Waals surface area contributed by atoms with Gasteiger partial charge >= 0.3 is 0 Å². The molecule has 152 valence electrons. The fraction of sp³-hybridized carbons (Fsp3) is 0.895. The van der Waals surface area contributed by atoms with Crippen LogP contribution in [0.4, 0.5) is 0 Å². The Morgan fingerprint density at radius 3 is 2.46 bits per heavy atom. The van der Waals surface area contributed by atoms with Crippen molar-refractivity contribution in [2.24, 2.45) is 4.99 Å². The minimum absolute atomic E-state index is 0. The van der Waals surface area contributed by atoms with E-state index in [4.69, 9.17) is 4.99 Å². The van der Waals surface area contributed by atoms with Crippen molar-refractivity contribution in [3.05, 3.63) is 0 Å². The zero-order valence-corrected chi connectivity index (χ0v) is 19.3. The van der Waals surface area contributed by atoms with Gasteiger partial charge in [-0.3, -0.25) is 14.7 Å².